The topological polar surface area (TPSA) is 45.5 Å². The highest BCUT2D eigenvalue weighted by Crippen LogP contribution is 2.23. The van der Waals surface area contributed by atoms with E-state index in [1.54, 1.807) is 11.2 Å². The van der Waals surface area contributed by atoms with Crippen LogP contribution in [0.15, 0.2) is 95.6 Å². The first kappa shape index (κ1) is 17.9. The molecule has 4 nitrogen and oxygen atoms in total. The Bertz CT molecular complexity index is 1040. The van der Waals surface area contributed by atoms with E-state index in [0.717, 1.165) is 28.6 Å². The Kier molecular flexibility index (Phi) is 5.38. The number of urea groups is 1. The fraction of sp³-hybridized carbons (Fsp3) is 0.125. The zero-order valence-electron chi connectivity index (χ0n) is 15.5. The standard InChI is InChI=1S/C24H22N2O2/c27-24(25-23-14-6-11-20-10-4-5-13-22(20)23)26(18-21-12-7-17-28-21)16-15-19-8-2-1-3-9-19/h1-14,17H,15-16,18H2,(H,25,27). The lowest BCUT2D eigenvalue weighted by Crippen LogP contribution is -2.36. The highest BCUT2D eigenvalue weighted by molar-refractivity contribution is 6.01. The number of nitrogens with one attached hydrogen (secondary N) is 1. The molecule has 28 heavy (non-hydrogen) atoms. The molecule has 1 N–H and O–H groups in total. The van der Waals surface area contributed by atoms with Crippen molar-refractivity contribution < 1.29 is 9.21 Å². The van der Waals surface area contributed by atoms with Gasteiger partial charge in [0, 0.05) is 11.9 Å². The molecule has 140 valence electrons. The minimum absolute atomic E-state index is 0.135. The Morgan fingerprint density at radius 3 is 2.46 bits per heavy atom. The lowest BCUT2D eigenvalue weighted by Gasteiger charge is -2.23. The molecule has 1 heterocycles. The zero-order chi connectivity index (χ0) is 19.2. The van der Waals surface area contributed by atoms with Gasteiger partial charge in [-0.15, -0.1) is 0 Å². The van der Waals surface area contributed by atoms with Crippen LogP contribution < -0.4 is 5.32 Å². The van der Waals surface area contributed by atoms with Crippen LogP contribution in [0, 0.1) is 0 Å². The molecule has 0 atom stereocenters. The Labute approximate surface area is 164 Å². The highest BCUT2D eigenvalue weighted by atomic mass is 16.3. The lowest BCUT2D eigenvalue weighted by atomic mass is 10.1. The summed E-state index contributed by atoms with van der Waals surface area (Å²) < 4.78 is 5.46. The van der Waals surface area contributed by atoms with Gasteiger partial charge in [0.25, 0.3) is 0 Å². The van der Waals surface area contributed by atoms with Crippen LogP contribution in [0.3, 0.4) is 0 Å². The summed E-state index contributed by atoms with van der Waals surface area (Å²) >= 11 is 0. The van der Waals surface area contributed by atoms with Gasteiger partial charge in [-0.3, -0.25) is 0 Å². The van der Waals surface area contributed by atoms with Crippen LogP contribution >= 0.6 is 0 Å². The van der Waals surface area contributed by atoms with E-state index >= 15 is 0 Å². The molecular weight excluding hydrogens is 348 g/mol. The minimum atomic E-state index is -0.135. The number of amides is 2. The Hall–Kier alpha value is -3.53. The van der Waals surface area contributed by atoms with Crippen LogP contribution in [0.4, 0.5) is 10.5 Å². The molecule has 0 aliphatic carbocycles. The first-order valence-electron chi connectivity index (χ1n) is 9.39. The molecule has 2 amide bonds. The Morgan fingerprint density at radius 1 is 0.857 bits per heavy atom. The molecule has 0 saturated carbocycles. The molecule has 0 aliphatic rings. The number of fused-ring (bicyclic) bond motifs is 1. The van der Waals surface area contributed by atoms with Crippen LogP contribution in [-0.4, -0.2) is 17.5 Å². The molecule has 1 aromatic heterocycles. The molecule has 4 aromatic rings. The molecule has 0 spiro atoms. The van der Waals surface area contributed by atoms with Crippen LogP contribution in [0.1, 0.15) is 11.3 Å². The highest BCUT2D eigenvalue weighted by Gasteiger charge is 2.16. The van der Waals surface area contributed by atoms with Crippen molar-refractivity contribution in [2.45, 2.75) is 13.0 Å². The van der Waals surface area contributed by atoms with Gasteiger partial charge >= 0.3 is 6.03 Å². The quantitative estimate of drug-likeness (QED) is 0.472. The molecule has 3 aromatic carbocycles. The van der Waals surface area contributed by atoms with Crippen LogP contribution in [0.2, 0.25) is 0 Å². The largest absolute Gasteiger partial charge is 0.467 e. The van der Waals surface area contributed by atoms with Gasteiger partial charge in [0.2, 0.25) is 0 Å². The smallest absolute Gasteiger partial charge is 0.322 e. The molecule has 0 saturated heterocycles. The monoisotopic (exact) mass is 370 g/mol. The van der Waals surface area contributed by atoms with E-state index in [1.807, 2.05) is 72.8 Å². The molecule has 4 heteroatoms. The summed E-state index contributed by atoms with van der Waals surface area (Å²) in [4.78, 5) is 14.9. The maximum absolute atomic E-state index is 13.1. The lowest BCUT2D eigenvalue weighted by molar-refractivity contribution is 0.205. The van der Waals surface area contributed by atoms with Gasteiger partial charge in [-0.2, -0.15) is 0 Å². The third kappa shape index (κ3) is 4.23. The van der Waals surface area contributed by atoms with Crippen molar-refractivity contribution in [3.63, 3.8) is 0 Å². The van der Waals surface area contributed by atoms with Crippen molar-refractivity contribution in [1.29, 1.82) is 0 Å². The maximum atomic E-state index is 13.1. The van der Waals surface area contributed by atoms with Crippen molar-refractivity contribution in [2.24, 2.45) is 0 Å². The van der Waals surface area contributed by atoms with Crippen LogP contribution in [-0.2, 0) is 13.0 Å². The fourth-order valence-corrected chi connectivity index (χ4v) is 3.28. The summed E-state index contributed by atoms with van der Waals surface area (Å²) in [5, 5.41) is 5.21. The van der Waals surface area contributed by atoms with E-state index in [0.29, 0.717) is 13.1 Å². The second-order valence-electron chi connectivity index (χ2n) is 6.69. The molecule has 0 bridgehead atoms. The predicted molar refractivity (Wildman–Crippen MR) is 112 cm³/mol. The molecule has 0 aliphatic heterocycles. The second-order valence-corrected chi connectivity index (χ2v) is 6.69. The van der Waals surface area contributed by atoms with Gasteiger partial charge in [0.05, 0.1) is 18.5 Å². The number of hydrogen-bond donors (Lipinski definition) is 1. The summed E-state index contributed by atoms with van der Waals surface area (Å²) in [5.74, 6) is 0.765. The average Bonchev–Trinajstić information content (AvgIpc) is 3.25. The van der Waals surface area contributed by atoms with Gasteiger partial charge in [0.1, 0.15) is 5.76 Å². The van der Waals surface area contributed by atoms with Gasteiger partial charge in [-0.1, -0.05) is 66.7 Å². The first-order valence-corrected chi connectivity index (χ1v) is 9.39. The Balaban J connectivity index is 1.53. The number of anilines is 1. The summed E-state index contributed by atoms with van der Waals surface area (Å²) in [5.41, 5.74) is 2.01. The van der Waals surface area contributed by atoms with Crippen molar-refractivity contribution in [3.05, 3.63) is 103 Å². The van der Waals surface area contributed by atoms with Gasteiger partial charge < -0.3 is 14.6 Å². The maximum Gasteiger partial charge on any atom is 0.322 e. The number of nitrogens with zero attached hydrogens (tertiary/aromatic N) is 1. The summed E-state index contributed by atoms with van der Waals surface area (Å²) in [7, 11) is 0. The summed E-state index contributed by atoms with van der Waals surface area (Å²) in [6.07, 6.45) is 2.41. The van der Waals surface area contributed by atoms with E-state index in [1.165, 1.54) is 5.56 Å². The molecule has 0 radical (unpaired) electrons. The van der Waals surface area contributed by atoms with Crippen molar-refractivity contribution in [3.8, 4) is 0 Å². The predicted octanol–water partition coefficient (Wildman–Crippen LogP) is 5.71. The minimum Gasteiger partial charge on any atom is -0.467 e. The number of rotatable bonds is 6. The Morgan fingerprint density at radius 2 is 1.64 bits per heavy atom. The number of benzene rings is 3. The molecule has 4 rings (SSSR count). The molecule has 0 unspecified atom stereocenters. The number of furan rings is 1. The first-order chi connectivity index (χ1) is 13.8. The number of carbonyl (C=O) groups is 1. The van der Waals surface area contributed by atoms with E-state index < -0.39 is 0 Å². The zero-order valence-corrected chi connectivity index (χ0v) is 15.5. The van der Waals surface area contributed by atoms with E-state index in [2.05, 4.69) is 17.4 Å². The SMILES string of the molecule is O=C(Nc1cccc2ccccc12)N(CCc1ccccc1)Cc1ccco1. The number of hydrogen-bond acceptors (Lipinski definition) is 2. The fourth-order valence-electron chi connectivity index (χ4n) is 3.28. The summed E-state index contributed by atoms with van der Waals surface area (Å²) in [6.45, 7) is 1.03. The second kappa shape index (κ2) is 8.44. The van der Waals surface area contributed by atoms with Crippen LogP contribution in [0.25, 0.3) is 10.8 Å². The third-order valence-electron chi connectivity index (χ3n) is 4.76. The molecular formula is C24H22N2O2. The average molecular weight is 370 g/mol. The van der Waals surface area contributed by atoms with Gasteiger partial charge in [0.15, 0.2) is 0 Å². The van der Waals surface area contributed by atoms with E-state index in [9.17, 15) is 4.79 Å². The molecule has 0 fully saturated rings. The van der Waals surface area contributed by atoms with Crippen molar-refractivity contribution in [1.82, 2.24) is 4.90 Å². The van der Waals surface area contributed by atoms with E-state index in [4.69, 9.17) is 4.42 Å². The number of carbonyl (C=O) groups excluding carboxylic acids is 1. The van der Waals surface area contributed by atoms with Crippen LogP contribution in [0.5, 0.6) is 0 Å². The van der Waals surface area contributed by atoms with E-state index in [-0.39, 0.29) is 6.03 Å². The third-order valence-corrected chi connectivity index (χ3v) is 4.76. The van der Waals surface area contributed by atoms with Gasteiger partial charge in [-0.05, 0) is 35.6 Å². The normalized spacial score (nSPS) is 10.7. The van der Waals surface area contributed by atoms with Crippen molar-refractivity contribution in [2.75, 3.05) is 11.9 Å². The van der Waals surface area contributed by atoms with Gasteiger partial charge in [-0.25, -0.2) is 4.79 Å². The summed E-state index contributed by atoms with van der Waals surface area (Å²) in [6, 6.07) is 27.8. The van der Waals surface area contributed by atoms with Crippen molar-refractivity contribution >= 4 is 22.5 Å².